The van der Waals surface area contributed by atoms with E-state index < -0.39 is 0 Å². The maximum atomic E-state index is 11.1. The van der Waals surface area contributed by atoms with Crippen molar-refractivity contribution >= 4 is 5.97 Å². The van der Waals surface area contributed by atoms with Gasteiger partial charge in [-0.15, -0.1) is 132 Å². The Hall–Kier alpha value is -3.17. The molecule has 0 aromatic carbocycles. The first-order chi connectivity index (χ1) is 18.3. The van der Waals surface area contributed by atoms with Crippen molar-refractivity contribution in [1.82, 2.24) is 0 Å². The lowest BCUT2D eigenvalue weighted by atomic mass is 10.1. The Morgan fingerprint density at radius 2 is 0.730 bits per heavy atom. The number of rotatable bonds is 12. The maximum Gasteiger partial charge on any atom is 0.305 e. The van der Waals surface area contributed by atoms with Crippen molar-refractivity contribution in [2.75, 3.05) is 13.2 Å². The molecule has 37 heavy (non-hydrogen) atoms. The van der Waals surface area contributed by atoms with Gasteiger partial charge in [0.1, 0.15) is 6.61 Å². The van der Waals surface area contributed by atoms with Crippen molar-refractivity contribution in [3.05, 3.63) is 132 Å². The smallest absolute Gasteiger partial charge is 0.305 e. The molecule has 3 heteroatoms. The summed E-state index contributed by atoms with van der Waals surface area (Å²) in [7, 11) is 0. The molecule has 0 unspecified atom stereocenters. The second-order valence-electron chi connectivity index (χ2n) is 4.52. The molecule has 1 N–H and O–H groups in total. The summed E-state index contributed by atoms with van der Waals surface area (Å²) in [5, 5.41) is 8.47. The molecule has 0 saturated carbocycles. The van der Waals surface area contributed by atoms with Crippen LogP contribution in [0.5, 0.6) is 0 Å². The van der Waals surface area contributed by atoms with E-state index in [1.807, 2.05) is 0 Å². The van der Waals surface area contributed by atoms with Crippen molar-refractivity contribution in [3.8, 4) is 0 Å². The summed E-state index contributed by atoms with van der Waals surface area (Å²) in [5.74, 6) is -0.179. The van der Waals surface area contributed by atoms with Crippen LogP contribution >= 0.6 is 0 Å². The lowest BCUT2D eigenvalue weighted by Crippen LogP contribution is -2.07. The van der Waals surface area contributed by atoms with E-state index in [0.29, 0.717) is 6.42 Å². The van der Waals surface area contributed by atoms with Gasteiger partial charge in [0.2, 0.25) is 0 Å². The molecule has 0 aromatic rings. The normalized spacial score (nSPS) is 5.89. The number of esters is 1. The second-order valence-corrected chi connectivity index (χ2v) is 4.52. The molecule has 0 spiro atoms. The van der Waals surface area contributed by atoms with Crippen molar-refractivity contribution in [3.63, 3.8) is 0 Å². The number of hydrogen-bond acceptors (Lipinski definition) is 3. The first kappa shape index (κ1) is 70.0. The van der Waals surface area contributed by atoms with E-state index in [-0.39, 0.29) is 19.2 Å². The van der Waals surface area contributed by atoms with Crippen molar-refractivity contribution < 1.29 is 14.6 Å². The number of aliphatic hydroxyl groups is 1. The molecule has 0 saturated heterocycles. The lowest BCUT2D eigenvalue weighted by molar-refractivity contribution is -0.144. The molecule has 3 nitrogen and oxygen atoms in total. The Labute approximate surface area is 236 Å². The first-order valence-corrected chi connectivity index (χ1v) is 12.1. The molecule has 0 bridgehead atoms. The molecule has 0 aliphatic heterocycles. The van der Waals surface area contributed by atoms with Crippen LogP contribution in [0.1, 0.15) is 71.1 Å². The quantitative estimate of drug-likeness (QED) is 0.157. The Morgan fingerprint density at radius 3 is 0.973 bits per heavy atom. The predicted molar refractivity (Wildman–Crippen MR) is 182 cm³/mol. The van der Waals surface area contributed by atoms with Crippen molar-refractivity contribution in [2.45, 2.75) is 71.1 Å². The average molecular weight is 525 g/mol. The highest BCUT2D eigenvalue weighted by atomic mass is 16.5. The van der Waals surface area contributed by atoms with Crippen LogP contribution in [0.15, 0.2) is 132 Å². The fourth-order valence-corrected chi connectivity index (χ4v) is 1.81. The fraction of sp³-hybridized carbons (Fsp3) is 0.382. The molecule has 0 heterocycles. The number of unbranched alkanes of at least 4 members (excludes halogenated alkanes) is 8. The largest absolute Gasteiger partial charge is 0.463 e. The Morgan fingerprint density at radius 1 is 0.486 bits per heavy atom. The van der Waals surface area contributed by atoms with Gasteiger partial charge in [0.15, 0.2) is 0 Å². The van der Waals surface area contributed by atoms with E-state index in [9.17, 15) is 4.79 Å². The van der Waals surface area contributed by atoms with Gasteiger partial charge in [-0.1, -0.05) is 58.3 Å². The standard InChI is InChI=1S/C14H28O3.10C2H4/c1-2-3-4-5-6-7-8-9-10-11-14(16)17-13-12-15;10*1-2/h15H,2-13H2,1H3;10*1-2H2. The zero-order chi connectivity index (χ0) is 32.8. The monoisotopic (exact) mass is 525 g/mol. The summed E-state index contributed by atoms with van der Waals surface area (Å²) >= 11 is 0. The van der Waals surface area contributed by atoms with Crippen LogP contribution in [0, 0.1) is 0 Å². The van der Waals surface area contributed by atoms with Crippen LogP contribution in [0.25, 0.3) is 0 Å². The van der Waals surface area contributed by atoms with Gasteiger partial charge in [0, 0.05) is 6.42 Å². The highest BCUT2D eigenvalue weighted by molar-refractivity contribution is 5.69. The summed E-state index contributed by atoms with van der Waals surface area (Å²) < 4.78 is 4.77. The molecule has 0 atom stereocenters. The number of ether oxygens (including phenoxy) is 1. The number of aliphatic hydroxyl groups excluding tert-OH is 1. The van der Waals surface area contributed by atoms with Crippen LogP contribution < -0.4 is 0 Å². The van der Waals surface area contributed by atoms with Crippen LogP contribution in [-0.2, 0) is 9.53 Å². The fourth-order valence-electron chi connectivity index (χ4n) is 1.81. The number of hydrogen-bond donors (Lipinski definition) is 1. The molecule has 0 aliphatic carbocycles. The minimum Gasteiger partial charge on any atom is -0.463 e. The van der Waals surface area contributed by atoms with Gasteiger partial charge in [0.25, 0.3) is 0 Å². The zero-order valence-corrected chi connectivity index (χ0v) is 25.4. The molecule has 0 fully saturated rings. The van der Waals surface area contributed by atoms with E-state index in [0.717, 1.165) is 12.8 Å². The molecule has 0 rings (SSSR count). The van der Waals surface area contributed by atoms with E-state index in [1.165, 1.54) is 44.9 Å². The summed E-state index contributed by atoms with van der Waals surface area (Å²) in [6.07, 6.45) is 11.7. The SMILES string of the molecule is C=C.C=C.C=C.C=C.C=C.C=C.C=C.C=C.C=C.C=C.CCCCCCCCCCCC(=O)OCCO. The Balaban J connectivity index is -0.0000000314. The van der Waals surface area contributed by atoms with Gasteiger partial charge in [-0.2, -0.15) is 0 Å². The topological polar surface area (TPSA) is 46.5 Å². The summed E-state index contributed by atoms with van der Waals surface area (Å²) in [6, 6.07) is 0. The molecule has 0 aliphatic rings. The number of carbonyl (C=O) groups excluding carboxylic acids is 1. The van der Waals surface area contributed by atoms with E-state index >= 15 is 0 Å². The Kier molecular flexibility index (Phi) is 382. The highest BCUT2D eigenvalue weighted by Gasteiger charge is 2.01. The van der Waals surface area contributed by atoms with Crippen molar-refractivity contribution in [1.29, 1.82) is 0 Å². The molecular weight excluding hydrogens is 456 g/mol. The van der Waals surface area contributed by atoms with Gasteiger partial charge in [-0.25, -0.2) is 0 Å². The van der Waals surface area contributed by atoms with Gasteiger partial charge in [-0.05, 0) is 6.42 Å². The predicted octanol–water partition coefficient (Wildman–Crippen LogP) is 11.5. The van der Waals surface area contributed by atoms with Crippen LogP contribution in [-0.4, -0.2) is 24.3 Å². The van der Waals surface area contributed by atoms with E-state index in [4.69, 9.17) is 9.84 Å². The van der Waals surface area contributed by atoms with Gasteiger partial charge in [0.05, 0.1) is 6.61 Å². The maximum absolute atomic E-state index is 11.1. The lowest BCUT2D eigenvalue weighted by Gasteiger charge is -2.03. The molecule has 0 radical (unpaired) electrons. The zero-order valence-electron chi connectivity index (χ0n) is 25.4. The summed E-state index contributed by atoms with van der Waals surface area (Å²) in [6.45, 7) is 62.3. The van der Waals surface area contributed by atoms with Gasteiger partial charge in [-0.3, -0.25) is 4.79 Å². The number of carbonyl (C=O) groups is 1. The summed E-state index contributed by atoms with van der Waals surface area (Å²) in [5.41, 5.74) is 0. The molecular formula is C34H68O3. The third-order valence-corrected chi connectivity index (χ3v) is 2.84. The third-order valence-electron chi connectivity index (χ3n) is 2.84. The third kappa shape index (κ3) is 223. The van der Waals surface area contributed by atoms with Gasteiger partial charge >= 0.3 is 5.97 Å². The average Bonchev–Trinajstić information content (AvgIpc) is 3.05. The van der Waals surface area contributed by atoms with Gasteiger partial charge < -0.3 is 9.84 Å². The highest BCUT2D eigenvalue weighted by Crippen LogP contribution is 2.10. The second kappa shape index (κ2) is 202. The van der Waals surface area contributed by atoms with E-state index in [2.05, 4.69) is 139 Å². The molecule has 0 amide bonds. The van der Waals surface area contributed by atoms with Crippen LogP contribution in [0.3, 0.4) is 0 Å². The molecule has 222 valence electrons. The first-order valence-electron chi connectivity index (χ1n) is 12.1. The van der Waals surface area contributed by atoms with Crippen molar-refractivity contribution in [2.24, 2.45) is 0 Å². The van der Waals surface area contributed by atoms with Crippen LogP contribution in [0.2, 0.25) is 0 Å². The molecule has 0 aromatic heterocycles. The summed E-state index contributed by atoms with van der Waals surface area (Å²) in [4.78, 5) is 11.1. The Bertz CT molecular complexity index is 260. The van der Waals surface area contributed by atoms with E-state index in [1.54, 1.807) is 0 Å². The van der Waals surface area contributed by atoms with Crippen LogP contribution in [0.4, 0.5) is 0 Å². The minimum atomic E-state index is -0.179. The minimum absolute atomic E-state index is 0.0799.